The lowest BCUT2D eigenvalue weighted by atomic mass is 10.2. The first kappa shape index (κ1) is 13.6. The highest BCUT2D eigenvalue weighted by Gasteiger charge is 2.35. The lowest BCUT2D eigenvalue weighted by Crippen LogP contribution is -2.03. The average molecular weight is 311 g/mol. The van der Waals surface area contributed by atoms with Gasteiger partial charge in [-0.05, 0) is 11.6 Å². The van der Waals surface area contributed by atoms with Gasteiger partial charge in [0.2, 0.25) is 5.01 Å². The topological polar surface area (TPSA) is 25.8 Å². The molecule has 0 bridgehead atoms. The molecule has 8 heteroatoms. The fourth-order valence-corrected chi connectivity index (χ4v) is 3.14. The Balaban J connectivity index is 2.03. The van der Waals surface area contributed by atoms with Gasteiger partial charge in [-0.15, -0.1) is 10.2 Å². The van der Waals surface area contributed by atoms with Gasteiger partial charge in [-0.3, -0.25) is 0 Å². The van der Waals surface area contributed by atoms with Crippen LogP contribution in [-0.2, 0) is 11.9 Å². The molecule has 0 saturated heterocycles. The van der Waals surface area contributed by atoms with Gasteiger partial charge in [-0.1, -0.05) is 52.9 Å². The first-order chi connectivity index (χ1) is 8.47. The molecule has 0 saturated carbocycles. The second-order valence-corrected chi connectivity index (χ2v) is 5.86. The van der Waals surface area contributed by atoms with Crippen molar-refractivity contribution in [3.8, 4) is 0 Å². The Hall–Kier alpha value is -0.790. The van der Waals surface area contributed by atoms with Crippen molar-refractivity contribution in [1.82, 2.24) is 10.2 Å². The van der Waals surface area contributed by atoms with Crippen LogP contribution in [0.1, 0.15) is 10.6 Å². The zero-order valence-electron chi connectivity index (χ0n) is 8.74. The van der Waals surface area contributed by atoms with E-state index >= 15 is 0 Å². The number of aromatic nitrogens is 2. The number of halogens is 4. The number of nitrogens with zero attached hydrogens (tertiary/aromatic N) is 2. The Morgan fingerprint density at radius 1 is 1.22 bits per heavy atom. The largest absolute Gasteiger partial charge is 0.445 e. The van der Waals surface area contributed by atoms with E-state index in [9.17, 15) is 13.2 Å². The number of rotatable bonds is 3. The highest BCUT2D eigenvalue weighted by molar-refractivity contribution is 8.00. The van der Waals surface area contributed by atoms with Gasteiger partial charge in [0.1, 0.15) is 0 Å². The molecule has 0 radical (unpaired) electrons. The van der Waals surface area contributed by atoms with Gasteiger partial charge in [-0.2, -0.15) is 13.2 Å². The SMILES string of the molecule is FC(F)(F)c1nnc(SCc2ccccc2Cl)s1. The Bertz CT molecular complexity index is 542. The Morgan fingerprint density at radius 3 is 2.56 bits per heavy atom. The summed E-state index contributed by atoms with van der Waals surface area (Å²) in [5.41, 5.74) is 0.855. The van der Waals surface area contributed by atoms with Crippen molar-refractivity contribution in [2.45, 2.75) is 16.3 Å². The molecule has 1 aromatic heterocycles. The number of alkyl halides is 3. The van der Waals surface area contributed by atoms with Crippen molar-refractivity contribution >= 4 is 34.7 Å². The zero-order chi connectivity index (χ0) is 13.2. The summed E-state index contributed by atoms with van der Waals surface area (Å²) >= 11 is 7.66. The maximum absolute atomic E-state index is 12.3. The van der Waals surface area contributed by atoms with Crippen LogP contribution in [0.25, 0.3) is 0 Å². The molecule has 2 rings (SSSR count). The zero-order valence-corrected chi connectivity index (χ0v) is 11.1. The second kappa shape index (κ2) is 5.46. The summed E-state index contributed by atoms with van der Waals surface area (Å²) < 4.78 is 37.2. The van der Waals surface area contributed by atoms with Crippen LogP contribution in [0.2, 0.25) is 5.02 Å². The molecule has 0 spiro atoms. The van der Waals surface area contributed by atoms with Crippen LogP contribution in [0, 0.1) is 0 Å². The van der Waals surface area contributed by atoms with Crippen molar-refractivity contribution < 1.29 is 13.2 Å². The Kier molecular flexibility index (Phi) is 4.14. The van der Waals surface area contributed by atoms with Crippen molar-refractivity contribution in [3.63, 3.8) is 0 Å². The smallest absolute Gasteiger partial charge is 0.164 e. The minimum absolute atomic E-state index is 0.280. The molecular formula is C10H6ClF3N2S2. The molecule has 1 aromatic carbocycles. The van der Waals surface area contributed by atoms with E-state index in [0.717, 1.165) is 5.56 Å². The van der Waals surface area contributed by atoms with Gasteiger partial charge in [0.05, 0.1) is 0 Å². The van der Waals surface area contributed by atoms with Crippen molar-refractivity contribution in [3.05, 3.63) is 39.9 Å². The van der Waals surface area contributed by atoms with Gasteiger partial charge >= 0.3 is 6.18 Å². The number of thioether (sulfide) groups is 1. The molecule has 18 heavy (non-hydrogen) atoms. The molecule has 0 aliphatic rings. The third-order valence-corrected chi connectivity index (χ3v) is 4.48. The average Bonchev–Trinajstić information content (AvgIpc) is 2.76. The molecule has 0 aliphatic carbocycles. The predicted octanol–water partition coefficient (Wildman–Crippen LogP) is 4.50. The normalized spacial score (nSPS) is 11.8. The highest BCUT2D eigenvalue weighted by Crippen LogP contribution is 2.35. The fraction of sp³-hybridized carbons (Fsp3) is 0.200. The van der Waals surface area contributed by atoms with E-state index in [0.29, 0.717) is 22.1 Å². The minimum atomic E-state index is -4.43. The third kappa shape index (κ3) is 3.37. The van der Waals surface area contributed by atoms with Crippen molar-refractivity contribution in [1.29, 1.82) is 0 Å². The first-order valence-corrected chi connectivity index (χ1v) is 6.92. The lowest BCUT2D eigenvalue weighted by Gasteiger charge is -2.01. The summed E-state index contributed by atoms with van der Waals surface area (Å²) in [7, 11) is 0. The van der Waals surface area contributed by atoms with Gasteiger partial charge in [0, 0.05) is 10.8 Å². The fourth-order valence-electron chi connectivity index (χ4n) is 1.14. The molecule has 0 amide bonds. The van der Waals surface area contributed by atoms with Gasteiger partial charge in [0.15, 0.2) is 4.34 Å². The van der Waals surface area contributed by atoms with E-state index in [1.54, 1.807) is 12.1 Å². The van der Waals surface area contributed by atoms with Crippen LogP contribution in [0.3, 0.4) is 0 Å². The Morgan fingerprint density at radius 2 is 1.94 bits per heavy atom. The third-order valence-electron chi connectivity index (χ3n) is 1.96. The number of hydrogen-bond acceptors (Lipinski definition) is 4. The summed E-state index contributed by atoms with van der Waals surface area (Å²) in [4.78, 5) is 0. The number of benzene rings is 1. The number of hydrogen-bond donors (Lipinski definition) is 0. The van der Waals surface area contributed by atoms with Gasteiger partial charge in [-0.25, -0.2) is 0 Å². The molecule has 1 heterocycles. The maximum atomic E-state index is 12.3. The maximum Gasteiger partial charge on any atom is 0.445 e. The standard InChI is InChI=1S/C10H6ClF3N2S2/c11-7-4-2-1-3-6(7)5-17-9-16-15-8(18-9)10(12,13)14/h1-4H,5H2. The van der Waals surface area contributed by atoms with E-state index in [1.807, 2.05) is 12.1 Å². The van der Waals surface area contributed by atoms with Crippen LogP contribution < -0.4 is 0 Å². The molecule has 0 unspecified atom stereocenters. The van der Waals surface area contributed by atoms with Crippen LogP contribution >= 0.6 is 34.7 Å². The molecule has 0 aliphatic heterocycles. The Labute approximate surface area is 114 Å². The quantitative estimate of drug-likeness (QED) is 0.780. The van der Waals surface area contributed by atoms with Crippen LogP contribution in [0.5, 0.6) is 0 Å². The molecular weight excluding hydrogens is 305 g/mol. The summed E-state index contributed by atoms with van der Waals surface area (Å²) in [6.07, 6.45) is -4.43. The molecule has 96 valence electrons. The van der Waals surface area contributed by atoms with E-state index in [1.165, 1.54) is 11.8 Å². The molecule has 0 fully saturated rings. The summed E-state index contributed by atoms with van der Waals surface area (Å²) in [5, 5.41) is 6.27. The molecule has 0 N–H and O–H groups in total. The lowest BCUT2D eigenvalue weighted by molar-refractivity contribution is -0.138. The van der Waals surface area contributed by atoms with Gasteiger partial charge in [0.25, 0.3) is 0 Å². The van der Waals surface area contributed by atoms with E-state index in [-0.39, 0.29) is 4.34 Å². The molecule has 0 atom stereocenters. The monoisotopic (exact) mass is 310 g/mol. The van der Waals surface area contributed by atoms with Crippen LogP contribution in [0.4, 0.5) is 13.2 Å². The van der Waals surface area contributed by atoms with Gasteiger partial charge < -0.3 is 0 Å². The molecule has 2 nitrogen and oxygen atoms in total. The summed E-state index contributed by atoms with van der Waals surface area (Å²) in [6.45, 7) is 0. The second-order valence-electron chi connectivity index (χ2n) is 3.25. The first-order valence-electron chi connectivity index (χ1n) is 4.74. The van der Waals surface area contributed by atoms with Crippen LogP contribution in [0.15, 0.2) is 28.6 Å². The predicted molar refractivity (Wildman–Crippen MR) is 65.9 cm³/mol. The summed E-state index contributed by atoms with van der Waals surface area (Å²) in [5.74, 6) is 0.464. The highest BCUT2D eigenvalue weighted by atomic mass is 35.5. The van der Waals surface area contributed by atoms with E-state index in [4.69, 9.17) is 11.6 Å². The molecule has 2 aromatic rings. The minimum Gasteiger partial charge on any atom is -0.164 e. The van der Waals surface area contributed by atoms with Crippen LogP contribution in [-0.4, -0.2) is 10.2 Å². The van der Waals surface area contributed by atoms with Crippen molar-refractivity contribution in [2.75, 3.05) is 0 Å². The summed E-state index contributed by atoms with van der Waals surface area (Å²) in [6, 6.07) is 7.17. The van der Waals surface area contributed by atoms with E-state index < -0.39 is 11.2 Å². The van der Waals surface area contributed by atoms with Crippen molar-refractivity contribution in [2.24, 2.45) is 0 Å². The van der Waals surface area contributed by atoms with E-state index in [2.05, 4.69) is 10.2 Å².